The molecule has 1 N–H and O–H groups in total. The van der Waals surface area contributed by atoms with Crippen molar-refractivity contribution in [2.75, 3.05) is 31.1 Å². The minimum absolute atomic E-state index is 0.860. The van der Waals surface area contributed by atoms with Gasteiger partial charge < -0.3 is 9.80 Å². The third-order valence-corrected chi connectivity index (χ3v) is 7.51. The zero-order valence-electron chi connectivity index (χ0n) is 13.9. The summed E-state index contributed by atoms with van der Waals surface area (Å²) in [6.45, 7) is 5.02. The molecule has 0 atom stereocenters. The Morgan fingerprint density at radius 3 is 2.17 bits per heavy atom. The molecular weight excluding hydrogens is 304 g/mol. The maximum absolute atomic E-state index is 6.16. The van der Waals surface area contributed by atoms with Gasteiger partial charge in [0.2, 0.25) is 0 Å². The normalized spacial score (nSPS) is 39.9. The lowest BCUT2D eigenvalue weighted by molar-refractivity contribution is -0.936. The number of nitrogens with one attached hydrogen (secondary N) is 1. The quantitative estimate of drug-likeness (QED) is 0.875. The second-order valence-electron chi connectivity index (χ2n) is 8.58. The molecule has 1 aromatic rings. The lowest BCUT2D eigenvalue weighted by Crippen LogP contribution is -3.20. The highest BCUT2D eigenvalue weighted by Gasteiger charge is 2.52. The van der Waals surface area contributed by atoms with Crippen LogP contribution >= 0.6 is 11.6 Å². The van der Waals surface area contributed by atoms with E-state index in [2.05, 4.69) is 23.1 Å². The zero-order chi connectivity index (χ0) is 15.4. The van der Waals surface area contributed by atoms with Gasteiger partial charge in [-0.25, -0.2) is 0 Å². The van der Waals surface area contributed by atoms with Gasteiger partial charge in [-0.15, -0.1) is 0 Å². The van der Waals surface area contributed by atoms with E-state index in [4.69, 9.17) is 11.6 Å². The van der Waals surface area contributed by atoms with Crippen molar-refractivity contribution >= 4 is 17.3 Å². The first-order valence-electron chi connectivity index (χ1n) is 9.61. The summed E-state index contributed by atoms with van der Waals surface area (Å²) in [4.78, 5) is 4.46. The largest absolute Gasteiger partial charge is 0.360 e. The van der Waals surface area contributed by atoms with Crippen LogP contribution in [0.5, 0.6) is 0 Å². The average molecular weight is 332 g/mol. The van der Waals surface area contributed by atoms with E-state index in [1.54, 1.807) is 32.1 Å². The highest BCUT2D eigenvalue weighted by molar-refractivity contribution is 6.30. The predicted molar refractivity (Wildman–Crippen MR) is 95.2 cm³/mol. The van der Waals surface area contributed by atoms with Crippen molar-refractivity contribution in [3.05, 3.63) is 29.3 Å². The van der Waals surface area contributed by atoms with Gasteiger partial charge in [0.25, 0.3) is 0 Å². The summed E-state index contributed by atoms with van der Waals surface area (Å²) < 4.78 is 0. The molecule has 5 fully saturated rings. The molecule has 0 spiro atoms. The summed E-state index contributed by atoms with van der Waals surface area (Å²) in [5.74, 6) is 4.31. The molecule has 1 heterocycles. The average Bonchev–Trinajstić information content (AvgIpc) is 2.54. The van der Waals surface area contributed by atoms with Crippen molar-refractivity contribution in [2.24, 2.45) is 23.7 Å². The molecule has 0 unspecified atom stereocenters. The summed E-state index contributed by atoms with van der Waals surface area (Å²) in [7, 11) is 0. The fourth-order valence-electron chi connectivity index (χ4n) is 6.65. The van der Waals surface area contributed by atoms with Gasteiger partial charge in [0.1, 0.15) is 0 Å². The molecule has 0 radical (unpaired) electrons. The molecular formula is C20H28ClN2+. The third-order valence-electron chi connectivity index (χ3n) is 7.28. The Bertz CT molecular complexity index is 551. The highest BCUT2D eigenvalue weighted by Crippen LogP contribution is 2.53. The van der Waals surface area contributed by atoms with Crippen LogP contribution in [0.4, 0.5) is 5.69 Å². The molecule has 4 bridgehead atoms. The maximum atomic E-state index is 6.16. The Morgan fingerprint density at radius 2 is 1.57 bits per heavy atom. The number of quaternary nitrogens is 1. The molecule has 1 aromatic carbocycles. The number of halogens is 1. The second kappa shape index (κ2) is 5.67. The van der Waals surface area contributed by atoms with Crippen molar-refractivity contribution in [3.8, 4) is 0 Å². The van der Waals surface area contributed by atoms with Gasteiger partial charge in [-0.1, -0.05) is 17.7 Å². The molecule has 1 aliphatic heterocycles. The number of hydrogen-bond acceptors (Lipinski definition) is 1. The van der Waals surface area contributed by atoms with Gasteiger partial charge in [-0.3, -0.25) is 0 Å². The van der Waals surface area contributed by atoms with Crippen LogP contribution < -0.4 is 9.80 Å². The first-order valence-corrected chi connectivity index (χ1v) is 9.99. The maximum Gasteiger partial charge on any atom is 0.0951 e. The van der Waals surface area contributed by atoms with Crippen LogP contribution in [0.2, 0.25) is 5.02 Å². The molecule has 4 aliphatic carbocycles. The monoisotopic (exact) mass is 331 g/mol. The van der Waals surface area contributed by atoms with Crippen LogP contribution in [-0.4, -0.2) is 32.2 Å². The summed E-state index contributed by atoms with van der Waals surface area (Å²) in [5, 5.41) is 0.860. The van der Waals surface area contributed by atoms with E-state index in [1.807, 2.05) is 11.0 Å². The van der Waals surface area contributed by atoms with E-state index in [0.29, 0.717) is 0 Å². The van der Waals surface area contributed by atoms with Crippen LogP contribution in [-0.2, 0) is 0 Å². The van der Waals surface area contributed by atoms with E-state index >= 15 is 0 Å². The number of rotatable bonds is 2. The summed E-state index contributed by atoms with van der Waals surface area (Å²) >= 11 is 6.16. The third kappa shape index (κ3) is 2.59. The SMILES string of the molecule is Clc1cccc(N2CC[NH+](C3C4CC5CC(C4)CC3C5)CC2)c1. The van der Waals surface area contributed by atoms with E-state index in [0.717, 1.165) is 34.7 Å². The Balaban J connectivity index is 1.27. The number of anilines is 1. The van der Waals surface area contributed by atoms with E-state index in [-0.39, 0.29) is 0 Å². The molecule has 124 valence electrons. The Kier molecular flexibility index (Phi) is 3.60. The van der Waals surface area contributed by atoms with Crippen LogP contribution in [0.15, 0.2) is 24.3 Å². The number of benzene rings is 1. The van der Waals surface area contributed by atoms with Crippen LogP contribution in [0.1, 0.15) is 32.1 Å². The van der Waals surface area contributed by atoms with Gasteiger partial charge in [0.15, 0.2) is 0 Å². The highest BCUT2D eigenvalue weighted by atomic mass is 35.5. The first-order chi connectivity index (χ1) is 11.3. The van der Waals surface area contributed by atoms with E-state index in [9.17, 15) is 0 Å². The molecule has 3 heteroatoms. The molecule has 0 aromatic heterocycles. The number of nitrogens with zero attached hydrogens (tertiary/aromatic N) is 1. The van der Waals surface area contributed by atoms with Crippen LogP contribution in [0.3, 0.4) is 0 Å². The van der Waals surface area contributed by atoms with Crippen molar-refractivity contribution in [2.45, 2.75) is 38.1 Å². The fraction of sp³-hybridized carbons (Fsp3) is 0.700. The molecule has 6 rings (SSSR count). The number of hydrogen-bond donors (Lipinski definition) is 1. The molecule has 23 heavy (non-hydrogen) atoms. The smallest absolute Gasteiger partial charge is 0.0951 e. The topological polar surface area (TPSA) is 7.68 Å². The summed E-state index contributed by atoms with van der Waals surface area (Å²) in [6, 6.07) is 9.37. The fourth-order valence-corrected chi connectivity index (χ4v) is 6.83. The van der Waals surface area contributed by atoms with Crippen molar-refractivity contribution in [1.82, 2.24) is 0 Å². The summed E-state index contributed by atoms with van der Waals surface area (Å²) in [5.41, 5.74) is 1.31. The van der Waals surface area contributed by atoms with Gasteiger partial charge in [0, 0.05) is 22.5 Å². The van der Waals surface area contributed by atoms with Gasteiger partial charge in [-0.2, -0.15) is 0 Å². The Labute approximate surface area is 144 Å². The van der Waals surface area contributed by atoms with Crippen molar-refractivity contribution in [1.29, 1.82) is 0 Å². The van der Waals surface area contributed by atoms with Gasteiger partial charge >= 0.3 is 0 Å². The zero-order valence-corrected chi connectivity index (χ0v) is 14.6. The standard InChI is InChI=1S/C20H27ClN2/c21-18-2-1-3-19(13-18)22-4-6-23(7-5-22)20-16-9-14-8-15(11-16)12-17(20)10-14/h1-3,13-17,20H,4-12H2/p+1. The molecule has 4 saturated carbocycles. The second-order valence-corrected chi connectivity index (χ2v) is 9.02. The molecule has 2 nitrogen and oxygen atoms in total. The molecule has 0 amide bonds. The van der Waals surface area contributed by atoms with E-state index in [1.165, 1.54) is 31.9 Å². The predicted octanol–water partition coefficient (Wildman–Crippen LogP) is 2.87. The lowest BCUT2D eigenvalue weighted by atomic mass is 9.54. The Hall–Kier alpha value is -0.730. The first kappa shape index (κ1) is 14.6. The van der Waals surface area contributed by atoms with Crippen molar-refractivity contribution < 1.29 is 4.90 Å². The minimum atomic E-state index is 0.860. The van der Waals surface area contributed by atoms with Crippen LogP contribution in [0.25, 0.3) is 0 Å². The van der Waals surface area contributed by atoms with Crippen molar-refractivity contribution in [3.63, 3.8) is 0 Å². The summed E-state index contributed by atoms with van der Waals surface area (Å²) in [6.07, 6.45) is 7.79. The number of piperazine rings is 1. The lowest BCUT2D eigenvalue weighted by Gasteiger charge is -2.56. The van der Waals surface area contributed by atoms with Gasteiger partial charge in [-0.05, 0) is 62.1 Å². The van der Waals surface area contributed by atoms with E-state index < -0.39 is 0 Å². The van der Waals surface area contributed by atoms with Gasteiger partial charge in [0.05, 0.1) is 32.2 Å². The van der Waals surface area contributed by atoms with Crippen LogP contribution in [0, 0.1) is 23.7 Å². The molecule has 5 aliphatic rings. The molecule has 1 saturated heterocycles. The minimum Gasteiger partial charge on any atom is -0.360 e. The Morgan fingerprint density at radius 1 is 0.913 bits per heavy atom.